The first-order chi connectivity index (χ1) is 8.67. The van der Waals surface area contributed by atoms with Crippen molar-refractivity contribution in [2.24, 2.45) is 0 Å². The minimum Gasteiger partial charge on any atom is -0.435 e. The van der Waals surface area contributed by atoms with Crippen molar-refractivity contribution in [2.45, 2.75) is 26.3 Å². The summed E-state index contributed by atoms with van der Waals surface area (Å²) in [6.07, 6.45) is -5.32. The number of alkyl halides is 5. The van der Waals surface area contributed by atoms with E-state index in [1.54, 1.807) is 0 Å². The van der Waals surface area contributed by atoms with Crippen LogP contribution in [0.1, 0.15) is 12.5 Å². The molecule has 0 bridgehead atoms. The Kier molecular flexibility index (Phi) is 4.68. The van der Waals surface area contributed by atoms with E-state index in [1.165, 1.54) is 0 Å². The monoisotopic (exact) mass is 284 g/mol. The van der Waals surface area contributed by atoms with Gasteiger partial charge in [0.1, 0.15) is 17.3 Å². The Bertz CT molecular complexity index is 456. The second kappa shape index (κ2) is 5.85. The van der Waals surface area contributed by atoms with E-state index in [2.05, 4.69) is 9.47 Å². The van der Waals surface area contributed by atoms with Gasteiger partial charge < -0.3 is 9.47 Å². The minimum atomic E-state index is -4.93. The van der Waals surface area contributed by atoms with E-state index in [9.17, 15) is 26.7 Å². The molecule has 0 aliphatic heterocycles. The molecule has 0 amide bonds. The number of halogens is 5. The number of carbonyl (C=O) groups is 1. The molecule has 0 saturated heterocycles. The predicted molar refractivity (Wildman–Crippen MR) is 54.1 cm³/mol. The summed E-state index contributed by atoms with van der Waals surface area (Å²) < 4.78 is 68.0. The SMILES string of the molecule is CC(=O)Cc1cc(OC(F)F)ccc1OC(F)(F)F. The number of ether oxygens (including phenoxy) is 2. The Morgan fingerprint density at radius 3 is 2.42 bits per heavy atom. The zero-order chi connectivity index (χ0) is 14.6. The van der Waals surface area contributed by atoms with Gasteiger partial charge in [0, 0.05) is 12.0 Å². The first-order valence-corrected chi connectivity index (χ1v) is 5.00. The number of Topliss-reactive ketones (excluding diaryl/α,β-unsaturated/α-hetero) is 1. The average molecular weight is 284 g/mol. The maximum Gasteiger partial charge on any atom is 0.573 e. The van der Waals surface area contributed by atoms with Crippen molar-refractivity contribution in [3.63, 3.8) is 0 Å². The highest BCUT2D eigenvalue weighted by Gasteiger charge is 2.32. The van der Waals surface area contributed by atoms with Gasteiger partial charge in [-0.15, -0.1) is 13.2 Å². The van der Waals surface area contributed by atoms with Gasteiger partial charge in [0.2, 0.25) is 0 Å². The Hall–Kier alpha value is -1.86. The largest absolute Gasteiger partial charge is 0.573 e. The molecule has 0 aliphatic carbocycles. The molecule has 19 heavy (non-hydrogen) atoms. The molecule has 3 nitrogen and oxygen atoms in total. The smallest absolute Gasteiger partial charge is 0.435 e. The Morgan fingerprint density at radius 2 is 1.95 bits per heavy atom. The van der Waals surface area contributed by atoms with E-state index in [0.717, 1.165) is 25.1 Å². The Balaban J connectivity index is 3.05. The molecule has 1 rings (SSSR count). The molecule has 106 valence electrons. The van der Waals surface area contributed by atoms with E-state index in [1.807, 2.05) is 0 Å². The summed E-state index contributed by atoms with van der Waals surface area (Å²) >= 11 is 0. The lowest BCUT2D eigenvalue weighted by Crippen LogP contribution is -2.18. The molecule has 0 unspecified atom stereocenters. The number of ketones is 1. The molecular weight excluding hydrogens is 275 g/mol. The molecule has 8 heteroatoms. The second-order valence-electron chi connectivity index (χ2n) is 3.57. The van der Waals surface area contributed by atoms with Gasteiger partial charge in [0.05, 0.1) is 0 Å². The molecule has 0 saturated carbocycles. The van der Waals surface area contributed by atoms with Crippen LogP contribution in [-0.2, 0) is 11.2 Å². The third kappa shape index (κ3) is 5.54. The molecule has 0 fully saturated rings. The average Bonchev–Trinajstić information content (AvgIpc) is 2.18. The lowest BCUT2D eigenvalue weighted by molar-refractivity contribution is -0.274. The number of rotatable bonds is 5. The molecule has 0 N–H and O–H groups in total. The summed E-state index contributed by atoms with van der Waals surface area (Å²) in [7, 11) is 0. The first-order valence-electron chi connectivity index (χ1n) is 5.00. The maximum atomic E-state index is 12.1. The summed E-state index contributed by atoms with van der Waals surface area (Å²) in [5, 5.41) is 0. The second-order valence-corrected chi connectivity index (χ2v) is 3.57. The highest BCUT2D eigenvalue weighted by Crippen LogP contribution is 2.30. The van der Waals surface area contributed by atoms with Crippen LogP contribution in [0.5, 0.6) is 11.5 Å². The summed E-state index contributed by atoms with van der Waals surface area (Å²) in [5.74, 6) is -1.41. The van der Waals surface area contributed by atoms with Crippen molar-refractivity contribution in [1.82, 2.24) is 0 Å². The maximum absolute atomic E-state index is 12.1. The van der Waals surface area contributed by atoms with Gasteiger partial charge in [-0.25, -0.2) is 0 Å². The normalized spacial score (nSPS) is 11.5. The van der Waals surface area contributed by atoms with Gasteiger partial charge in [0.15, 0.2) is 0 Å². The van der Waals surface area contributed by atoms with E-state index in [0.29, 0.717) is 0 Å². The van der Waals surface area contributed by atoms with Crippen LogP contribution >= 0.6 is 0 Å². The van der Waals surface area contributed by atoms with Crippen molar-refractivity contribution in [1.29, 1.82) is 0 Å². The van der Waals surface area contributed by atoms with Crippen LogP contribution in [0.25, 0.3) is 0 Å². The molecule has 0 heterocycles. The lowest BCUT2D eigenvalue weighted by atomic mass is 10.1. The predicted octanol–water partition coefficient (Wildman–Crippen LogP) is 3.32. The fourth-order valence-corrected chi connectivity index (χ4v) is 1.36. The zero-order valence-corrected chi connectivity index (χ0v) is 9.63. The summed E-state index contributed by atoms with van der Waals surface area (Å²) in [5.41, 5.74) is -0.178. The molecule has 0 radical (unpaired) electrons. The van der Waals surface area contributed by atoms with Crippen molar-refractivity contribution in [3.8, 4) is 11.5 Å². The van der Waals surface area contributed by atoms with E-state index in [-0.39, 0.29) is 17.7 Å². The van der Waals surface area contributed by atoms with Gasteiger partial charge in [-0.2, -0.15) is 8.78 Å². The third-order valence-electron chi connectivity index (χ3n) is 1.92. The van der Waals surface area contributed by atoms with Gasteiger partial charge in [-0.3, -0.25) is 4.79 Å². The number of hydrogen-bond donors (Lipinski definition) is 0. The standard InChI is InChI=1S/C11H9F5O3/c1-6(17)4-7-5-8(18-10(12)13)2-3-9(7)19-11(14,15)16/h2-3,5,10H,4H2,1H3. The molecule has 0 aromatic heterocycles. The highest BCUT2D eigenvalue weighted by molar-refractivity contribution is 5.79. The van der Waals surface area contributed by atoms with Crippen LogP contribution in [0.2, 0.25) is 0 Å². The van der Waals surface area contributed by atoms with Gasteiger partial charge in [0.25, 0.3) is 0 Å². The summed E-state index contributed by atoms with van der Waals surface area (Å²) in [6.45, 7) is -1.96. The van der Waals surface area contributed by atoms with Crippen LogP contribution in [-0.4, -0.2) is 18.8 Å². The number of carbonyl (C=O) groups excluding carboxylic acids is 1. The van der Waals surface area contributed by atoms with Crippen molar-refractivity contribution in [2.75, 3.05) is 0 Å². The van der Waals surface area contributed by atoms with Gasteiger partial charge in [-0.05, 0) is 25.1 Å². The Labute approximate surface area is 104 Å². The lowest BCUT2D eigenvalue weighted by Gasteiger charge is -2.14. The van der Waals surface area contributed by atoms with Crippen LogP contribution < -0.4 is 9.47 Å². The first kappa shape index (κ1) is 15.2. The topological polar surface area (TPSA) is 35.5 Å². The molecule has 1 aromatic rings. The van der Waals surface area contributed by atoms with E-state index < -0.39 is 24.5 Å². The summed E-state index contributed by atoms with van der Waals surface area (Å²) in [4.78, 5) is 10.9. The van der Waals surface area contributed by atoms with Crippen molar-refractivity contribution >= 4 is 5.78 Å². The van der Waals surface area contributed by atoms with Crippen LogP contribution in [0.4, 0.5) is 22.0 Å². The van der Waals surface area contributed by atoms with Crippen LogP contribution in [0.15, 0.2) is 18.2 Å². The highest BCUT2D eigenvalue weighted by atomic mass is 19.4. The van der Waals surface area contributed by atoms with Gasteiger partial charge >= 0.3 is 13.0 Å². The quantitative estimate of drug-likeness (QED) is 0.778. The molecule has 0 aliphatic rings. The third-order valence-corrected chi connectivity index (χ3v) is 1.92. The van der Waals surface area contributed by atoms with Crippen LogP contribution in [0.3, 0.4) is 0 Å². The zero-order valence-electron chi connectivity index (χ0n) is 9.63. The fourth-order valence-electron chi connectivity index (χ4n) is 1.36. The number of hydrogen-bond acceptors (Lipinski definition) is 3. The Morgan fingerprint density at radius 1 is 1.32 bits per heavy atom. The van der Waals surface area contributed by atoms with Crippen LogP contribution in [0, 0.1) is 0 Å². The minimum absolute atomic E-state index is 0.178. The molecule has 1 aromatic carbocycles. The van der Waals surface area contributed by atoms with E-state index >= 15 is 0 Å². The molecular formula is C11H9F5O3. The fraction of sp³-hybridized carbons (Fsp3) is 0.364. The van der Waals surface area contributed by atoms with Gasteiger partial charge in [-0.1, -0.05) is 0 Å². The van der Waals surface area contributed by atoms with Crippen molar-refractivity contribution < 1.29 is 36.2 Å². The van der Waals surface area contributed by atoms with E-state index in [4.69, 9.17) is 0 Å². The molecule has 0 spiro atoms. The molecule has 0 atom stereocenters. The van der Waals surface area contributed by atoms with Crippen molar-refractivity contribution in [3.05, 3.63) is 23.8 Å². The number of benzene rings is 1. The summed E-state index contributed by atoms with van der Waals surface area (Å²) in [6, 6.07) is 2.63.